The lowest BCUT2D eigenvalue weighted by molar-refractivity contribution is -0.141. The number of aromatic nitrogens is 2. The van der Waals surface area contributed by atoms with Gasteiger partial charge in [-0.3, -0.25) is 4.79 Å². The fourth-order valence-corrected chi connectivity index (χ4v) is 3.74. The predicted molar refractivity (Wildman–Crippen MR) is 97.6 cm³/mol. The van der Waals surface area contributed by atoms with Crippen LogP contribution in [-0.4, -0.2) is 86.0 Å². The number of rotatable bonds is 3. The maximum atomic E-state index is 12.5. The highest BCUT2D eigenvalue weighted by Crippen LogP contribution is 2.21. The minimum atomic E-state index is -0.226. The molecular formula is C18H27N5O3. The van der Waals surface area contributed by atoms with Gasteiger partial charge in [0.2, 0.25) is 5.95 Å². The number of anilines is 2. The fraction of sp³-hybridized carbons (Fsp3) is 0.722. The van der Waals surface area contributed by atoms with Gasteiger partial charge in [-0.05, 0) is 19.8 Å². The van der Waals surface area contributed by atoms with E-state index in [9.17, 15) is 4.79 Å². The standard InChI is InChI=1S/C18H27N5O3/c1-14-13-16(20-18(19-14)23-8-11-25-12-9-23)21-4-6-22(7-5-21)17(24)15-3-2-10-26-15/h13,15H,2-12H2,1H3. The van der Waals surface area contributed by atoms with Gasteiger partial charge in [0.1, 0.15) is 11.9 Å². The molecule has 0 spiro atoms. The highest BCUT2D eigenvalue weighted by atomic mass is 16.5. The van der Waals surface area contributed by atoms with E-state index in [2.05, 4.69) is 14.8 Å². The Balaban J connectivity index is 1.40. The van der Waals surface area contributed by atoms with Crippen LogP contribution in [0.15, 0.2) is 6.07 Å². The predicted octanol–water partition coefficient (Wildman–Crippen LogP) is 0.449. The zero-order valence-electron chi connectivity index (χ0n) is 15.4. The first kappa shape index (κ1) is 17.5. The van der Waals surface area contributed by atoms with Gasteiger partial charge in [-0.25, -0.2) is 4.98 Å². The molecule has 3 aliphatic heterocycles. The summed E-state index contributed by atoms with van der Waals surface area (Å²) >= 11 is 0. The van der Waals surface area contributed by atoms with E-state index >= 15 is 0 Å². The van der Waals surface area contributed by atoms with Gasteiger partial charge in [0, 0.05) is 57.6 Å². The lowest BCUT2D eigenvalue weighted by atomic mass is 10.2. The van der Waals surface area contributed by atoms with Crippen molar-refractivity contribution >= 4 is 17.7 Å². The minimum Gasteiger partial charge on any atom is -0.378 e. The number of nitrogens with zero attached hydrogens (tertiary/aromatic N) is 5. The number of piperazine rings is 1. The zero-order valence-corrected chi connectivity index (χ0v) is 15.4. The molecule has 0 saturated carbocycles. The summed E-state index contributed by atoms with van der Waals surface area (Å²) in [5.41, 5.74) is 0.967. The zero-order chi connectivity index (χ0) is 17.9. The second-order valence-corrected chi connectivity index (χ2v) is 7.08. The third-order valence-electron chi connectivity index (χ3n) is 5.24. The highest BCUT2D eigenvalue weighted by Gasteiger charge is 2.30. The molecule has 4 heterocycles. The molecule has 3 aliphatic rings. The Labute approximate surface area is 154 Å². The second kappa shape index (κ2) is 7.75. The monoisotopic (exact) mass is 361 g/mol. The van der Waals surface area contributed by atoms with Crippen LogP contribution in [0.1, 0.15) is 18.5 Å². The van der Waals surface area contributed by atoms with Gasteiger partial charge in [-0.2, -0.15) is 4.98 Å². The van der Waals surface area contributed by atoms with Gasteiger partial charge in [0.05, 0.1) is 13.2 Å². The summed E-state index contributed by atoms with van der Waals surface area (Å²) < 4.78 is 11.0. The summed E-state index contributed by atoms with van der Waals surface area (Å²) in [6.07, 6.45) is 1.62. The average molecular weight is 361 g/mol. The number of ether oxygens (including phenoxy) is 2. The third-order valence-corrected chi connectivity index (χ3v) is 5.24. The molecule has 0 radical (unpaired) electrons. The first-order valence-electron chi connectivity index (χ1n) is 9.54. The molecule has 0 aliphatic carbocycles. The molecule has 1 amide bonds. The van der Waals surface area contributed by atoms with Gasteiger partial charge in [-0.1, -0.05) is 0 Å². The van der Waals surface area contributed by atoms with Gasteiger partial charge in [0.25, 0.3) is 5.91 Å². The Kier molecular flexibility index (Phi) is 5.21. The van der Waals surface area contributed by atoms with E-state index in [0.717, 1.165) is 69.7 Å². The Hall–Kier alpha value is -1.93. The van der Waals surface area contributed by atoms with Crippen LogP contribution in [0.3, 0.4) is 0 Å². The quantitative estimate of drug-likeness (QED) is 0.774. The van der Waals surface area contributed by atoms with Gasteiger partial charge in [-0.15, -0.1) is 0 Å². The third kappa shape index (κ3) is 3.76. The lowest BCUT2D eigenvalue weighted by Gasteiger charge is -2.37. The largest absolute Gasteiger partial charge is 0.378 e. The van der Waals surface area contributed by atoms with E-state index in [1.807, 2.05) is 17.9 Å². The van der Waals surface area contributed by atoms with Crippen LogP contribution in [0.5, 0.6) is 0 Å². The van der Waals surface area contributed by atoms with Gasteiger partial charge < -0.3 is 24.2 Å². The Morgan fingerprint density at radius 3 is 2.50 bits per heavy atom. The molecule has 8 heteroatoms. The van der Waals surface area contributed by atoms with Crippen LogP contribution in [0.25, 0.3) is 0 Å². The second-order valence-electron chi connectivity index (χ2n) is 7.08. The molecule has 1 unspecified atom stereocenters. The van der Waals surface area contributed by atoms with Crippen molar-refractivity contribution in [1.29, 1.82) is 0 Å². The average Bonchev–Trinajstić information content (AvgIpc) is 3.22. The van der Waals surface area contributed by atoms with E-state index in [1.165, 1.54) is 0 Å². The molecule has 142 valence electrons. The van der Waals surface area contributed by atoms with Crippen LogP contribution < -0.4 is 9.80 Å². The lowest BCUT2D eigenvalue weighted by Crippen LogP contribution is -2.51. The summed E-state index contributed by atoms with van der Waals surface area (Å²) in [5.74, 6) is 1.87. The Morgan fingerprint density at radius 1 is 1.04 bits per heavy atom. The van der Waals surface area contributed by atoms with E-state index in [-0.39, 0.29) is 12.0 Å². The molecule has 4 rings (SSSR count). The molecule has 1 aromatic rings. The van der Waals surface area contributed by atoms with E-state index in [0.29, 0.717) is 19.7 Å². The van der Waals surface area contributed by atoms with Gasteiger partial charge >= 0.3 is 0 Å². The summed E-state index contributed by atoms with van der Waals surface area (Å²) in [6, 6.07) is 2.03. The number of carbonyl (C=O) groups is 1. The molecule has 26 heavy (non-hydrogen) atoms. The normalized spacial score (nSPS) is 24.2. The number of aryl methyl sites for hydroxylation is 1. The topological polar surface area (TPSA) is 71.0 Å². The molecule has 3 fully saturated rings. The van der Waals surface area contributed by atoms with Crippen molar-refractivity contribution in [2.45, 2.75) is 25.9 Å². The summed E-state index contributed by atoms with van der Waals surface area (Å²) in [7, 11) is 0. The van der Waals surface area contributed by atoms with Crippen LogP contribution >= 0.6 is 0 Å². The van der Waals surface area contributed by atoms with E-state index in [4.69, 9.17) is 14.5 Å². The molecule has 0 N–H and O–H groups in total. The van der Waals surface area contributed by atoms with Gasteiger partial charge in [0.15, 0.2) is 0 Å². The fourth-order valence-electron chi connectivity index (χ4n) is 3.74. The maximum Gasteiger partial charge on any atom is 0.251 e. The molecule has 3 saturated heterocycles. The minimum absolute atomic E-state index is 0.148. The number of carbonyl (C=O) groups excluding carboxylic acids is 1. The molecule has 0 bridgehead atoms. The van der Waals surface area contributed by atoms with E-state index < -0.39 is 0 Å². The highest BCUT2D eigenvalue weighted by molar-refractivity contribution is 5.81. The van der Waals surface area contributed by atoms with Crippen molar-refractivity contribution in [1.82, 2.24) is 14.9 Å². The van der Waals surface area contributed by atoms with Crippen molar-refractivity contribution in [3.63, 3.8) is 0 Å². The Morgan fingerprint density at radius 2 is 1.81 bits per heavy atom. The molecule has 8 nitrogen and oxygen atoms in total. The summed E-state index contributed by atoms with van der Waals surface area (Å²) in [4.78, 5) is 28.2. The van der Waals surface area contributed by atoms with Crippen molar-refractivity contribution < 1.29 is 14.3 Å². The first-order valence-corrected chi connectivity index (χ1v) is 9.54. The number of hydrogen-bond acceptors (Lipinski definition) is 7. The number of morpholine rings is 1. The van der Waals surface area contributed by atoms with Crippen LogP contribution in [0, 0.1) is 6.92 Å². The maximum absolute atomic E-state index is 12.5. The van der Waals surface area contributed by atoms with Crippen molar-refractivity contribution in [2.75, 3.05) is 68.9 Å². The smallest absolute Gasteiger partial charge is 0.251 e. The van der Waals surface area contributed by atoms with Crippen LogP contribution in [0.2, 0.25) is 0 Å². The van der Waals surface area contributed by atoms with Crippen molar-refractivity contribution in [3.8, 4) is 0 Å². The van der Waals surface area contributed by atoms with E-state index in [1.54, 1.807) is 0 Å². The number of hydrogen-bond donors (Lipinski definition) is 0. The van der Waals surface area contributed by atoms with Crippen LogP contribution in [-0.2, 0) is 14.3 Å². The molecule has 1 atom stereocenters. The molecular weight excluding hydrogens is 334 g/mol. The first-order chi connectivity index (χ1) is 12.7. The molecule has 0 aromatic carbocycles. The van der Waals surface area contributed by atoms with Crippen molar-refractivity contribution in [2.24, 2.45) is 0 Å². The molecule has 1 aromatic heterocycles. The summed E-state index contributed by atoms with van der Waals surface area (Å²) in [5, 5.41) is 0. The number of amides is 1. The SMILES string of the molecule is Cc1cc(N2CCN(C(=O)C3CCCO3)CC2)nc(N2CCOCC2)n1. The Bertz CT molecular complexity index is 636. The van der Waals surface area contributed by atoms with Crippen LogP contribution in [0.4, 0.5) is 11.8 Å². The van der Waals surface area contributed by atoms with Crippen molar-refractivity contribution in [3.05, 3.63) is 11.8 Å². The summed E-state index contributed by atoms with van der Waals surface area (Å²) in [6.45, 7) is 8.82.